The third-order valence-corrected chi connectivity index (χ3v) is 2.03. The first kappa shape index (κ1) is 10.2. The van der Waals surface area contributed by atoms with Gasteiger partial charge in [0.05, 0.1) is 10.5 Å². The Labute approximate surface area is 89.8 Å². The number of alkyl halides is 1. The van der Waals surface area contributed by atoms with Gasteiger partial charge in [0.25, 0.3) is 5.69 Å². The molecule has 0 spiro atoms. The highest BCUT2D eigenvalue weighted by molar-refractivity contribution is 14.1. The van der Waals surface area contributed by atoms with Gasteiger partial charge in [0.1, 0.15) is 0 Å². The second kappa shape index (κ2) is 4.96. The van der Waals surface area contributed by atoms with Crippen LogP contribution >= 0.6 is 22.6 Å². The molecule has 0 saturated carbocycles. The Morgan fingerprint density at radius 3 is 2.77 bits per heavy atom. The van der Waals surface area contributed by atoms with Gasteiger partial charge in [-0.05, 0) is 6.07 Å². The largest absolute Gasteiger partial charge is 0.276 e. The molecule has 0 aliphatic rings. The molecule has 3 nitrogen and oxygen atoms in total. The van der Waals surface area contributed by atoms with E-state index in [2.05, 4.69) is 22.6 Å². The fraction of sp³-hybridized carbons (Fsp3) is 0.111. The Kier molecular flexibility index (Phi) is 3.88. The van der Waals surface area contributed by atoms with Crippen LogP contribution in [-0.2, 0) is 0 Å². The molecule has 0 amide bonds. The lowest BCUT2D eigenvalue weighted by Gasteiger charge is -1.95. The van der Waals surface area contributed by atoms with Crippen LogP contribution in [0.4, 0.5) is 5.69 Å². The Morgan fingerprint density at radius 1 is 1.46 bits per heavy atom. The van der Waals surface area contributed by atoms with E-state index >= 15 is 0 Å². The number of hydrogen-bond acceptors (Lipinski definition) is 2. The number of allylic oxidation sites excluding steroid dienone is 1. The molecule has 13 heavy (non-hydrogen) atoms. The number of benzene rings is 1. The molecule has 0 atom stereocenters. The predicted octanol–water partition coefficient (Wildman–Crippen LogP) is 3.04. The first-order chi connectivity index (χ1) is 6.25. The van der Waals surface area contributed by atoms with Gasteiger partial charge in [-0.2, -0.15) is 0 Å². The fourth-order valence-corrected chi connectivity index (χ4v) is 1.22. The summed E-state index contributed by atoms with van der Waals surface area (Å²) in [5.41, 5.74) is 0.813. The van der Waals surface area contributed by atoms with Gasteiger partial charge >= 0.3 is 0 Å². The van der Waals surface area contributed by atoms with Crippen LogP contribution in [0.15, 0.2) is 30.3 Å². The molecule has 68 valence electrons. The molecule has 1 rings (SSSR count). The summed E-state index contributed by atoms with van der Waals surface area (Å²) in [6.45, 7) is 0. The Balaban J connectivity index is 3.05. The molecular formula is C9H8INO2. The first-order valence-corrected chi connectivity index (χ1v) is 5.24. The summed E-state index contributed by atoms with van der Waals surface area (Å²) in [4.78, 5) is 10.2. The summed E-state index contributed by atoms with van der Waals surface area (Å²) in [5.74, 6) is 0. The van der Waals surface area contributed by atoms with Crippen LogP contribution in [0.1, 0.15) is 5.56 Å². The summed E-state index contributed by atoms with van der Waals surface area (Å²) in [7, 11) is 0. The number of halogens is 1. The zero-order chi connectivity index (χ0) is 9.68. The maximum Gasteiger partial charge on any atom is 0.276 e. The normalized spacial score (nSPS) is 10.5. The zero-order valence-corrected chi connectivity index (χ0v) is 8.97. The molecule has 0 aliphatic heterocycles. The van der Waals surface area contributed by atoms with E-state index in [1.807, 2.05) is 6.08 Å². The van der Waals surface area contributed by atoms with Crippen molar-refractivity contribution in [1.29, 1.82) is 0 Å². The second-order valence-electron chi connectivity index (χ2n) is 2.37. The minimum absolute atomic E-state index is 0.156. The summed E-state index contributed by atoms with van der Waals surface area (Å²) in [6, 6.07) is 6.70. The average Bonchev–Trinajstić information content (AvgIpc) is 2.15. The molecular weight excluding hydrogens is 281 g/mol. The molecule has 4 heteroatoms. The molecule has 0 aliphatic carbocycles. The van der Waals surface area contributed by atoms with E-state index < -0.39 is 0 Å². The number of nitrogens with zero attached hydrogens (tertiary/aromatic N) is 1. The molecule has 0 unspecified atom stereocenters. The molecule has 1 aromatic carbocycles. The van der Waals surface area contributed by atoms with E-state index in [1.165, 1.54) is 6.07 Å². The van der Waals surface area contributed by atoms with Crippen molar-refractivity contribution in [1.82, 2.24) is 0 Å². The number of nitro benzene ring substituents is 1. The van der Waals surface area contributed by atoms with E-state index in [1.54, 1.807) is 24.3 Å². The van der Waals surface area contributed by atoms with Crippen LogP contribution in [0.3, 0.4) is 0 Å². The van der Waals surface area contributed by atoms with E-state index in [4.69, 9.17) is 0 Å². The van der Waals surface area contributed by atoms with Crippen LogP contribution in [0.2, 0.25) is 0 Å². The van der Waals surface area contributed by atoms with Crippen molar-refractivity contribution in [3.05, 3.63) is 46.0 Å². The molecule has 0 aromatic heterocycles. The van der Waals surface area contributed by atoms with Gasteiger partial charge in [0.2, 0.25) is 0 Å². The van der Waals surface area contributed by atoms with Gasteiger partial charge in [-0.25, -0.2) is 0 Å². The quantitative estimate of drug-likeness (QED) is 0.371. The van der Waals surface area contributed by atoms with Crippen molar-refractivity contribution in [3.8, 4) is 0 Å². The van der Waals surface area contributed by atoms with Crippen LogP contribution in [0, 0.1) is 10.1 Å². The minimum Gasteiger partial charge on any atom is -0.258 e. The first-order valence-electron chi connectivity index (χ1n) is 3.71. The fourth-order valence-electron chi connectivity index (χ4n) is 0.966. The number of rotatable bonds is 3. The third kappa shape index (κ3) is 2.80. The lowest BCUT2D eigenvalue weighted by molar-refractivity contribution is -0.385. The third-order valence-electron chi connectivity index (χ3n) is 1.52. The summed E-state index contributed by atoms with van der Waals surface area (Å²) in [6.07, 6.45) is 3.66. The van der Waals surface area contributed by atoms with E-state index in [9.17, 15) is 10.1 Å². The summed E-state index contributed by atoms with van der Waals surface area (Å²) in [5, 5.41) is 10.6. The molecule has 1 aromatic rings. The summed E-state index contributed by atoms with van der Waals surface area (Å²) >= 11 is 2.19. The van der Waals surface area contributed by atoms with Crippen LogP contribution in [0.5, 0.6) is 0 Å². The van der Waals surface area contributed by atoms with E-state index in [0.717, 1.165) is 4.43 Å². The van der Waals surface area contributed by atoms with Gasteiger partial charge < -0.3 is 0 Å². The maximum absolute atomic E-state index is 10.6. The Hall–Kier alpha value is -0.910. The molecule has 0 heterocycles. The highest BCUT2D eigenvalue weighted by Gasteiger charge is 2.08. The molecule has 0 fully saturated rings. The molecule has 0 N–H and O–H groups in total. The standard InChI is InChI=1S/C9H8INO2/c10-7-3-5-8-4-1-2-6-9(8)11(12)13/h1-6H,7H2. The van der Waals surface area contributed by atoms with Gasteiger partial charge in [-0.15, -0.1) is 0 Å². The van der Waals surface area contributed by atoms with Crippen molar-refractivity contribution >= 4 is 34.4 Å². The Bertz CT molecular complexity index is 336. The van der Waals surface area contributed by atoms with Gasteiger partial charge in [-0.3, -0.25) is 10.1 Å². The minimum atomic E-state index is -0.368. The van der Waals surface area contributed by atoms with Gasteiger partial charge in [0, 0.05) is 10.5 Å². The SMILES string of the molecule is O=[N+]([O-])c1ccccc1C=CCI. The Morgan fingerprint density at radius 2 is 2.15 bits per heavy atom. The number of para-hydroxylation sites is 1. The molecule has 0 saturated heterocycles. The van der Waals surface area contributed by atoms with Crippen molar-refractivity contribution in [3.63, 3.8) is 0 Å². The maximum atomic E-state index is 10.6. The van der Waals surface area contributed by atoms with Crippen molar-refractivity contribution in [2.45, 2.75) is 0 Å². The van der Waals surface area contributed by atoms with Crippen molar-refractivity contribution < 1.29 is 4.92 Å². The van der Waals surface area contributed by atoms with E-state index in [-0.39, 0.29) is 10.6 Å². The van der Waals surface area contributed by atoms with Crippen LogP contribution in [0.25, 0.3) is 6.08 Å². The monoisotopic (exact) mass is 289 g/mol. The van der Waals surface area contributed by atoms with E-state index in [0.29, 0.717) is 5.56 Å². The van der Waals surface area contributed by atoms with Crippen molar-refractivity contribution in [2.24, 2.45) is 0 Å². The topological polar surface area (TPSA) is 43.1 Å². The van der Waals surface area contributed by atoms with Crippen LogP contribution < -0.4 is 0 Å². The molecule has 0 radical (unpaired) electrons. The van der Waals surface area contributed by atoms with Crippen LogP contribution in [-0.4, -0.2) is 9.35 Å². The van der Waals surface area contributed by atoms with Gasteiger partial charge in [-0.1, -0.05) is 46.9 Å². The lowest BCUT2D eigenvalue weighted by atomic mass is 10.2. The van der Waals surface area contributed by atoms with Gasteiger partial charge in [0.15, 0.2) is 0 Å². The number of hydrogen-bond donors (Lipinski definition) is 0. The predicted molar refractivity (Wildman–Crippen MR) is 61.0 cm³/mol. The molecule has 0 bridgehead atoms. The average molecular weight is 289 g/mol. The second-order valence-corrected chi connectivity index (χ2v) is 3.25. The highest BCUT2D eigenvalue weighted by Crippen LogP contribution is 2.18. The summed E-state index contributed by atoms with van der Waals surface area (Å²) < 4.78 is 0.851. The lowest BCUT2D eigenvalue weighted by Crippen LogP contribution is -1.90. The number of nitro groups is 1. The zero-order valence-electron chi connectivity index (χ0n) is 6.81. The highest BCUT2D eigenvalue weighted by atomic mass is 127. The van der Waals surface area contributed by atoms with Crippen molar-refractivity contribution in [2.75, 3.05) is 4.43 Å². The smallest absolute Gasteiger partial charge is 0.258 e.